The Morgan fingerprint density at radius 3 is 1.55 bits per heavy atom. The molecule has 8 rings (SSSR count). The van der Waals surface area contributed by atoms with E-state index in [2.05, 4.69) is 12.2 Å². The number of fused-ring (bicyclic) bond motifs is 2. The summed E-state index contributed by atoms with van der Waals surface area (Å²) in [5.74, 6) is -0.398. The van der Waals surface area contributed by atoms with Crippen molar-refractivity contribution >= 4 is 81.5 Å². The van der Waals surface area contributed by atoms with Crippen LogP contribution in [0.25, 0.3) is 0 Å². The third-order valence-electron chi connectivity index (χ3n) is 11.4. The fourth-order valence-corrected chi connectivity index (χ4v) is 10.3. The predicted octanol–water partition coefficient (Wildman–Crippen LogP) is 12.9. The first-order valence-corrected chi connectivity index (χ1v) is 19.7. The lowest BCUT2D eigenvalue weighted by Gasteiger charge is -2.41. The van der Waals surface area contributed by atoms with Gasteiger partial charge in [0.25, 0.3) is 0 Å². The Balaban J connectivity index is 0.000000164. The Morgan fingerprint density at radius 1 is 0.547 bits per heavy atom. The molecule has 2 aliphatic carbocycles. The van der Waals surface area contributed by atoms with E-state index in [1.165, 1.54) is 0 Å². The molecular formula is C43H36Cl6O4. The number of halogens is 6. The summed E-state index contributed by atoms with van der Waals surface area (Å²) in [6.45, 7) is 5.89. The van der Waals surface area contributed by atoms with Crippen molar-refractivity contribution in [2.75, 3.05) is 0 Å². The van der Waals surface area contributed by atoms with Crippen LogP contribution in [0.4, 0.5) is 0 Å². The third-order valence-corrected chi connectivity index (χ3v) is 13.0. The Morgan fingerprint density at radius 2 is 1.02 bits per heavy atom. The van der Waals surface area contributed by atoms with E-state index in [1.807, 2.05) is 106 Å². The molecule has 274 valence electrons. The van der Waals surface area contributed by atoms with Gasteiger partial charge in [-0.2, -0.15) is 0 Å². The minimum atomic E-state index is -0.654. The Kier molecular flexibility index (Phi) is 11.1. The van der Waals surface area contributed by atoms with Crippen molar-refractivity contribution in [3.05, 3.63) is 162 Å². The molecule has 0 radical (unpaired) electrons. The van der Waals surface area contributed by atoms with Crippen molar-refractivity contribution in [3.8, 4) is 0 Å². The van der Waals surface area contributed by atoms with E-state index < -0.39 is 5.41 Å². The summed E-state index contributed by atoms with van der Waals surface area (Å²) in [6, 6.07) is 26.8. The van der Waals surface area contributed by atoms with Crippen LogP contribution in [-0.4, -0.2) is 24.1 Å². The number of carbonyl (C=O) groups is 2. The molecule has 2 aliphatic heterocycles. The minimum absolute atomic E-state index is 0.00553. The highest BCUT2D eigenvalue weighted by Crippen LogP contribution is 2.58. The van der Waals surface area contributed by atoms with Crippen LogP contribution in [0.5, 0.6) is 0 Å². The van der Waals surface area contributed by atoms with Gasteiger partial charge in [-0.05, 0) is 91.6 Å². The molecule has 0 saturated carbocycles. The Hall–Kier alpha value is -2.96. The number of hydrogen-bond acceptors (Lipinski definition) is 4. The molecule has 0 spiro atoms. The van der Waals surface area contributed by atoms with Crippen LogP contribution in [-0.2, 0) is 19.1 Å². The molecule has 4 aromatic rings. The van der Waals surface area contributed by atoms with Crippen LogP contribution < -0.4 is 0 Å². The number of carbonyl (C=O) groups excluding carboxylic acids is 2. The maximum absolute atomic E-state index is 12.6. The van der Waals surface area contributed by atoms with Gasteiger partial charge in [-0.25, -0.2) is 0 Å². The Bertz CT molecular complexity index is 2100. The van der Waals surface area contributed by atoms with Crippen molar-refractivity contribution < 1.29 is 19.1 Å². The first kappa shape index (κ1) is 38.3. The highest BCUT2D eigenvalue weighted by molar-refractivity contribution is 6.35. The number of cyclic esters (lactones) is 2. The Labute approximate surface area is 340 Å². The van der Waals surface area contributed by atoms with Crippen molar-refractivity contribution in [2.45, 2.75) is 56.7 Å². The average Bonchev–Trinajstić information content (AvgIpc) is 3.54. The van der Waals surface area contributed by atoms with Crippen molar-refractivity contribution in [3.63, 3.8) is 0 Å². The molecule has 0 aromatic heterocycles. The zero-order valence-electron chi connectivity index (χ0n) is 29.0. The summed E-state index contributed by atoms with van der Waals surface area (Å²) in [4.78, 5) is 24.9. The fourth-order valence-electron chi connectivity index (χ4n) is 8.95. The quantitative estimate of drug-likeness (QED) is 0.152. The molecule has 10 atom stereocenters. The first-order chi connectivity index (χ1) is 25.3. The maximum atomic E-state index is 12.6. The van der Waals surface area contributed by atoms with Gasteiger partial charge in [0.15, 0.2) is 0 Å². The zero-order chi connectivity index (χ0) is 37.8. The van der Waals surface area contributed by atoms with Gasteiger partial charge < -0.3 is 9.47 Å². The van der Waals surface area contributed by atoms with Gasteiger partial charge in [-0.3, -0.25) is 9.59 Å². The summed E-state index contributed by atoms with van der Waals surface area (Å²) in [5.41, 5.74) is 3.57. The second kappa shape index (κ2) is 15.3. The van der Waals surface area contributed by atoms with Crippen LogP contribution in [0.1, 0.15) is 66.7 Å². The van der Waals surface area contributed by atoms with Gasteiger partial charge in [-0.15, -0.1) is 0 Å². The standard InChI is InChI=1S/C22H19Cl3O2.C21H17Cl3O2/c1-12-20-19(13-3-5-14(23)6-4-13)17(9-10-22(20,2)21(26)27-12)16-8-7-15(24)11-18(16)25;1-11-19-17(21(25)26-11)9-8-16(15-7-6-14(23)10-18(15)24)20(19)12-2-4-13(22)5-3-12/h3-12,17,19-20H,1-2H3;2-11,16-17,19-20H,1H3/t12-,17+,19+,20+,22-;11-,16+,17-,19-,20+/m11/s1. The third kappa shape index (κ3) is 7.29. The SMILES string of the molecule is C[C@H]1OC(=O)[C@@H]2C=C[C@@H](c3ccc(Cl)cc3Cl)[C@H](c3ccc(Cl)cc3)[C@H]12.C[C@H]1OC(=O)[C@]2(C)C=C[C@@H](c3ccc(Cl)cc3Cl)[C@H](c3ccc(Cl)cc3)[C@H]12. The highest BCUT2D eigenvalue weighted by atomic mass is 35.5. The summed E-state index contributed by atoms with van der Waals surface area (Å²) < 4.78 is 11.2. The van der Waals surface area contributed by atoms with Crippen LogP contribution in [0.15, 0.2) is 109 Å². The van der Waals surface area contributed by atoms with E-state index in [0.717, 1.165) is 22.3 Å². The summed E-state index contributed by atoms with van der Waals surface area (Å²) in [7, 11) is 0. The van der Waals surface area contributed by atoms with Crippen LogP contribution >= 0.6 is 69.6 Å². The molecule has 10 heteroatoms. The van der Waals surface area contributed by atoms with Gasteiger partial charge in [-0.1, -0.05) is 130 Å². The summed E-state index contributed by atoms with van der Waals surface area (Å²) in [5, 5.41) is 3.82. The van der Waals surface area contributed by atoms with Gasteiger partial charge in [0, 0.05) is 65.6 Å². The van der Waals surface area contributed by atoms with Crippen molar-refractivity contribution in [2.24, 2.45) is 23.2 Å². The topological polar surface area (TPSA) is 52.6 Å². The second-order valence-electron chi connectivity index (χ2n) is 14.4. The van der Waals surface area contributed by atoms with Crippen molar-refractivity contribution in [1.29, 1.82) is 0 Å². The molecule has 0 amide bonds. The monoisotopic (exact) mass is 826 g/mol. The average molecular weight is 829 g/mol. The molecule has 0 N–H and O–H groups in total. The predicted molar refractivity (Wildman–Crippen MR) is 215 cm³/mol. The van der Waals surface area contributed by atoms with Gasteiger partial charge in [0.2, 0.25) is 0 Å². The number of ether oxygens (including phenoxy) is 2. The lowest BCUT2D eigenvalue weighted by atomic mass is 9.59. The van der Waals surface area contributed by atoms with Gasteiger partial charge >= 0.3 is 11.9 Å². The van der Waals surface area contributed by atoms with E-state index in [1.54, 1.807) is 12.1 Å². The van der Waals surface area contributed by atoms with Crippen LogP contribution in [0, 0.1) is 23.2 Å². The molecule has 4 nitrogen and oxygen atoms in total. The minimum Gasteiger partial charge on any atom is -0.462 e. The number of allylic oxidation sites excluding steroid dienone is 2. The van der Waals surface area contributed by atoms with Crippen LogP contribution in [0.2, 0.25) is 30.1 Å². The number of rotatable bonds is 4. The largest absolute Gasteiger partial charge is 0.462 e. The highest BCUT2D eigenvalue weighted by Gasteiger charge is 2.58. The number of esters is 2. The molecule has 4 aliphatic rings. The lowest BCUT2D eigenvalue weighted by molar-refractivity contribution is -0.146. The molecule has 2 saturated heterocycles. The number of benzene rings is 4. The fraction of sp³-hybridized carbons (Fsp3) is 0.302. The lowest BCUT2D eigenvalue weighted by Crippen LogP contribution is -2.39. The molecule has 0 bridgehead atoms. The molecule has 0 unspecified atom stereocenters. The summed E-state index contributed by atoms with van der Waals surface area (Å²) in [6.07, 6.45) is 7.77. The van der Waals surface area contributed by atoms with Gasteiger partial charge in [0.05, 0.1) is 11.3 Å². The van der Waals surface area contributed by atoms with Crippen LogP contribution in [0.3, 0.4) is 0 Å². The number of hydrogen-bond donors (Lipinski definition) is 0. The molecule has 2 fully saturated rings. The molecule has 4 aromatic carbocycles. The van der Waals surface area contributed by atoms with E-state index in [0.29, 0.717) is 30.1 Å². The van der Waals surface area contributed by atoms with E-state index >= 15 is 0 Å². The van der Waals surface area contributed by atoms with E-state index in [4.69, 9.17) is 79.1 Å². The second-order valence-corrected chi connectivity index (χ2v) is 17.0. The molecule has 53 heavy (non-hydrogen) atoms. The molecular weight excluding hydrogens is 793 g/mol. The van der Waals surface area contributed by atoms with E-state index in [9.17, 15) is 9.59 Å². The van der Waals surface area contributed by atoms with Crippen molar-refractivity contribution in [1.82, 2.24) is 0 Å². The molecule has 2 heterocycles. The normalized spacial score (nSPS) is 31.2. The first-order valence-electron chi connectivity index (χ1n) is 17.5. The maximum Gasteiger partial charge on any atom is 0.316 e. The van der Waals surface area contributed by atoms with E-state index in [-0.39, 0.29) is 65.6 Å². The van der Waals surface area contributed by atoms with Gasteiger partial charge in [0.1, 0.15) is 12.2 Å². The smallest absolute Gasteiger partial charge is 0.316 e. The zero-order valence-corrected chi connectivity index (χ0v) is 33.5. The summed E-state index contributed by atoms with van der Waals surface area (Å²) >= 11 is 37.4.